The number of allylic oxidation sites excluding steroid dienone is 1. The lowest BCUT2D eigenvalue weighted by Crippen LogP contribution is -2.59. The van der Waals surface area contributed by atoms with Gasteiger partial charge >= 0.3 is 0 Å². The zero-order chi connectivity index (χ0) is 19.0. The minimum absolute atomic E-state index is 0.462. The van der Waals surface area contributed by atoms with Crippen molar-refractivity contribution >= 4 is 6.71 Å². The quantitative estimate of drug-likeness (QED) is 0.457. The molecule has 26 heavy (non-hydrogen) atoms. The Morgan fingerprint density at radius 1 is 0.846 bits per heavy atom. The smallest absolute Gasteiger partial charge is 0.174 e. The molecule has 0 spiro atoms. The van der Waals surface area contributed by atoms with E-state index in [0.717, 1.165) is 23.7 Å². The van der Waals surface area contributed by atoms with Crippen LogP contribution in [0.2, 0.25) is 18.0 Å². The molecular formula is C23H37BF2. The molecule has 6 aliphatic rings. The van der Waals surface area contributed by atoms with Gasteiger partial charge < -0.3 is 0 Å². The first-order valence-electron chi connectivity index (χ1n) is 11.1. The van der Waals surface area contributed by atoms with Gasteiger partial charge in [-0.1, -0.05) is 66.0 Å². The molecule has 4 bridgehead atoms. The highest BCUT2D eigenvalue weighted by Gasteiger charge is 2.62. The van der Waals surface area contributed by atoms with E-state index in [1.165, 1.54) is 31.8 Å². The summed E-state index contributed by atoms with van der Waals surface area (Å²) in [7, 11) is 0. The maximum atomic E-state index is 13.0. The van der Waals surface area contributed by atoms with Crippen LogP contribution in [0.5, 0.6) is 0 Å². The number of rotatable bonds is 4. The molecule has 0 aromatic rings. The van der Waals surface area contributed by atoms with Crippen LogP contribution in [0.4, 0.5) is 8.78 Å². The van der Waals surface area contributed by atoms with E-state index in [0.29, 0.717) is 47.3 Å². The summed E-state index contributed by atoms with van der Waals surface area (Å²) in [6, 6.07) is 0. The van der Waals surface area contributed by atoms with Crippen LogP contribution in [0.3, 0.4) is 0 Å². The molecule has 0 aromatic heterocycles. The van der Waals surface area contributed by atoms with Gasteiger partial charge in [0.05, 0.1) is 0 Å². The highest BCUT2D eigenvalue weighted by atomic mass is 19.3. The molecule has 0 N–H and O–H groups in total. The van der Waals surface area contributed by atoms with Crippen molar-refractivity contribution in [1.29, 1.82) is 0 Å². The Balaban J connectivity index is 1.57. The molecule has 0 radical (unpaired) electrons. The second-order valence-corrected chi connectivity index (χ2v) is 11.6. The third-order valence-electron chi connectivity index (χ3n) is 10.5. The van der Waals surface area contributed by atoms with Crippen LogP contribution in [-0.4, -0.2) is 6.71 Å². The Morgan fingerprint density at radius 3 is 1.58 bits per heavy atom. The highest BCUT2D eigenvalue weighted by Crippen LogP contribution is 2.69. The second-order valence-electron chi connectivity index (χ2n) is 11.6. The maximum Gasteiger partial charge on any atom is 0.265 e. The minimum atomic E-state index is -1.47. The predicted octanol–water partition coefficient (Wildman–Crippen LogP) is 7.41. The third kappa shape index (κ3) is 2.58. The number of fused-ring (bicyclic) bond motifs is 4. The first kappa shape index (κ1) is 19.0. The van der Waals surface area contributed by atoms with Crippen LogP contribution in [0, 0.1) is 46.3 Å². The second kappa shape index (κ2) is 6.08. The molecule has 0 nitrogen and oxygen atoms in total. The van der Waals surface area contributed by atoms with Gasteiger partial charge in [-0.25, -0.2) is 0 Å². The molecule has 0 aromatic carbocycles. The summed E-state index contributed by atoms with van der Waals surface area (Å²) in [5.74, 6) is 5.92. The third-order valence-corrected chi connectivity index (χ3v) is 10.5. The predicted molar refractivity (Wildman–Crippen MR) is 107 cm³/mol. The van der Waals surface area contributed by atoms with Gasteiger partial charge in [-0.3, -0.25) is 0 Å². The summed E-state index contributed by atoms with van der Waals surface area (Å²) < 4.78 is 26.0. The molecule has 8 unspecified atom stereocenters. The van der Waals surface area contributed by atoms with Crippen LogP contribution in [0.15, 0.2) is 12.2 Å². The van der Waals surface area contributed by atoms with E-state index in [4.69, 9.17) is 0 Å². The summed E-state index contributed by atoms with van der Waals surface area (Å²) in [6.45, 7) is 15.1. The molecule has 146 valence electrons. The van der Waals surface area contributed by atoms with Crippen molar-refractivity contribution in [3.8, 4) is 0 Å². The lowest BCUT2D eigenvalue weighted by molar-refractivity contribution is -0.107. The molecule has 0 saturated heterocycles. The van der Waals surface area contributed by atoms with Gasteiger partial charge in [-0.15, -0.1) is 0 Å². The van der Waals surface area contributed by atoms with Gasteiger partial charge in [0.25, 0.3) is 6.08 Å². The number of hydrogen-bond acceptors (Lipinski definition) is 0. The molecule has 0 heterocycles. The SMILES string of the molecule is CC1C(B(CC=C(F)F)C2CC3CC(C2C)C3(C)C)CC2CC1C2(C)C. The summed E-state index contributed by atoms with van der Waals surface area (Å²) in [6.07, 6.45) is 5.69. The van der Waals surface area contributed by atoms with Gasteiger partial charge in [0.2, 0.25) is 0 Å². The largest absolute Gasteiger partial charge is 0.265 e. The summed E-state index contributed by atoms with van der Waals surface area (Å²) in [5, 5.41) is 0. The van der Waals surface area contributed by atoms with Crippen molar-refractivity contribution < 1.29 is 8.78 Å². The standard InChI is InChI=1S/C23H37BF2/c1-13-17-9-15(22(17,3)4)11-19(13)24(8-7-21(25)26)20-12-16-10-18(14(20)2)23(16,5)6/h7,13-20H,8-12H2,1-6H3. The fourth-order valence-corrected chi connectivity index (χ4v) is 8.40. The van der Waals surface area contributed by atoms with E-state index >= 15 is 0 Å². The molecule has 3 heteroatoms. The molecule has 6 aliphatic carbocycles. The van der Waals surface area contributed by atoms with E-state index in [9.17, 15) is 8.78 Å². The minimum Gasteiger partial charge on any atom is -0.174 e. The Kier molecular flexibility index (Phi) is 4.44. The van der Waals surface area contributed by atoms with Crippen molar-refractivity contribution in [3.05, 3.63) is 12.2 Å². The van der Waals surface area contributed by atoms with E-state index in [1.54, 1.807) is 0 Å². The van der Waals surface area contributed by atoms with E-state index in [1.807, 2.05) is 0 Å². The first-order chi connectivity index (χ1) is 12.0. The van der Waals surface area contributed by atoms with E-state index in [-0.39, 0.29) is 0 Å². The monoisotopic (exact) mass is 362 g/mol. The highest BCUT2D eigenvalue weighted by molar-refractivity contribution is 6.62. The Hall–Kier alpha value is -0.335. The van der Waals surface area contributed by atoms with Crippen LogP contribution in [0.1, 0.15) is 67.2 Å². The number of hydrogen-bond donors (Lipinski definition) is 0. The van der Waals surface area contributed by atoms with Crippen molar-refractivity contribution in [3.63, 3.8) is 0 Å². The molecule has 8 atom stereocenters. The first-order valence-corrected chi connectivity index (χ1v) is 11.1. The van der Waals surface area contributed by atoms with E-state index in [2.05, 4.69) is 41.5 Å². The topological polar surface area (TPSA) is 0 Å². The van der Waals surface area contributed by atoms with Crippen molar-refractivity contribution in [2.75, 3.05) is 0 Å². The van der Waals surface area contributed by atoms with Gasteiger partial charge in [-0.2, -0.15) is 8.78 Å². The van der Waals surface area contributed by atoms with Gasteiger partial charge in [0.15, 0.2) is 6.71 Å². The zero-order valence-electron chi connectivity index (χ0n) is 17.6. The molecular weight excluding hydrogens is 325 g/mol. The van der Waals surface area contributed by atoms with Crippen molar-refractivity contribution in [1.82, 2.24) is 0 Å². The van der Waals surface area contributed by atoms with Gasteiger partial charge in [0, 0.05) is 0 Å². The zero-order valence-corrected chi connectivity index (χ0v) is 17.6. The van der Waals surface area contributed by atoms with Crippen LogP contribution in [-0.2, 0) is 0 Å². The van der Waals surface area contributed by atoms with E-state index < -0.39 is 6.08 Å². The Morgan fingerprint density at radius 2 is 1.27 bits per heavy atom. The average Bonchev–Trinajstić information content (AvgIpc) is 2.55. The average molecular weight is 362 g/mol. The molecule has 6 saturated carbocycles. The maximum absolute atomic E-state index is 13.0. The molecule has 0 aliphatic heterocycles. The fraction of sp³-hybridized carbons (Fsp3) is 0.913. The Bertz CT molecular complexity index is 549. The van der Waals surface area contributed by atoms with Gasteiger partial charge in [0.1, 0.15) is 0 Å². The van der Waals surface area contributed by atoms with Crippen molar-refractivity contribution in [2.45, 2.75) is 85.2 Å². The van der Waals surface area contributed by atoms with Crippen LogP contribution >= 0.6 is 0 Å². The summed E-state index contributed by atoms with van der Waals surface area (Å²) in [5.41, 5.74) is 0.952. The molecule has 0 amide bonds. The normalized spacial score (nSPS) is 47.4. The lowest BCUT2D eigenvalue weighted by atomic mass is 9.20. The van der Waals surface area contributed by atoms with Crippen LogP contribution < -0.4 is 0 Å². The molecule has 6 rings (SSSR count). The molecule has 6 fully saturated rings. The Labute approximate surface area is 159 Å². The summed E-state index contributed by atoms with van der Waals surface area (Å²) in [4.78, 5) is 0. The number of halogens is 2. The van der Waals surface area contributed by atoms with Crippen molar-refractivity contribution in [2.24, 2.45) is 46.3 Å². The lowest BCUT2D eigenvalue weighted by Gasteiger charge is -2.66. The fourth-order valence-electron chi connectivity index (χ4n) is 8.40. The summed E-state index contributed by atoms with van der Waals surface area (Å²) >= 11 is 0. The van der Waals surface area contributed by atoms with Gasteiger partial charge in [-0.05, 0) is 71.6 Å². The van der Waals surface area contributed by atoms with Crippen LogP contribution in [0.25, 0.3) is 0 Å².